The van der Waals surface area contributed by atoms with Gasteiger partial charge >= 0.3 is 5.97 Å². The molecule has 0 saturated carbocycles. The van der Waals surface area contributed by atoms with Gasteiger partial charge in [0, 0.05) is 19.8 Å². The predicted molar refractivity (Wildman–Crippen MR) is 66.0 cm³/mol. The molecule has 0 fully saturated rings. The molecule has 100 valence electrons. The normalized spacial score (nSPS) is 10.4. The van der Waals surface area contributed by atoms with Gasteiger partial charge in [-0.15, -0.1) is 0 Å². The molecule has 0 radical (unpaired) electrons. The van der Waals surface area contributed by atoms with Gasteiger partial charge in [0.2, 0.25) is 0 Å². The van der Waals surface area contributed by atoms with Crippen molar-refractivity contribution >= 4 is 17.6 Å². The van der Waals surface area contributed by atoms with Gasteiger partial charge in [-0.1, -0.05) is 0 Å². The Morgan fingerprint density at radius 2 is 2.11 bits per heavy atom. The number of hydrogen-bond donors (Lipinski definition) is 2. The molecule has 8 nitrogen and oxygen atoms in total. The maximum absolute atomic E-state index is 12.0. The SMILES string of the molecule is CCn1cc(NC(=O)c2cnn(C)c2C(=O)O)cn1. The molecule has 0 aliphatic rings. The van der Waals surface area contributed by atoms with Crippen LogP contribution in [0, 0.1) is 0 Å². The summed E-state index contributed by atoms with van der Waals surface area (Å²) in [4.78, 5) is 23.0. The van der Waals surface area contributed by atoms with E-state index in [0.717, 1.165) is 4.68 Å². The average Bonchev–Trinajstić information content (AvgIpc) is 2.95. The number of nitrogens with one attached hydrogen (secondary N) is 1. The van der Waals surface area contributed by atoms with Crippen molar-refractivity contribution in [3.8, 4) is 0 Å². The lowest BCUT2D eigenvalue weighted by Gasteiger charge is -2.02. The molecular weight excluding hydrogens is 250 g/mol. The molecule has 1 amide bonds. The highest BCUT2D eigenvalue weighted by molar-refractivity contribution is 6.09. The summed E-state index contributed by atoms with van der Waals surface area (Å²) in [6, 6.07) is 0. The van der Waals surface area contributed by atoms with Gasteiger partial charge in [-0.05, 0) is 6.92 Å². The molecule has 2 heterocycles. The van der Waals surface area contributed by atoms with Crippen LogP contribution in [-0.4, -0.2) is 36.5 Å². The Hall–Kier alpha value is -2.64. The highest BCUT2D eigenvalue weighted by Gasteiger charge is 2.21. The van der Waals surface area contributed by atoms with Crippen molar-refractivity contribution < 1.29 is 14.7 Å². The summed E-state index contributed by atoms with van der Waals surface area (Å²) >= 11 is 0. The van der Waals surface area contributed by atoms with E-state index in [0.29, 0.717) is 12.2 Å². The minimum atomic E-state index is -1.20. The lowest BCUT2D eigenvalue weighted by molar-refractivity contribution is 0.0680. The van der Waals surface area contributed by atoms with Crippen molar-refractivity contribution in [1.29, 1.82) is 0 Å². The maximum atomic E-state index is 12.0. The van der Waals surface area contributed by atoms with Crippen molar-refractivity contribution in [2.24, 2.45) is 7.05 Å². The van der Waals surface area contributed by atoms with Crippen LogP contribution in [0.15, 0.2) is 18.6 Å². The Bertz CT molecular complexity index is 628. The lowest BCUT2D eigenvalue weighted by Crippen LogP contribution is -2.16. The molecule has 2 rings (SSSR count). The standard InChI is InChI=1S/C11H13N5O3/c1-3-16-6-7(4-13-16)14-10(17)8-5-12-15(2)9(8)11(18)19/h4-6H,3H2,1-2H3,(H,14,17)(H,18,19). The van der Waals surface area contributed by atoms with E-state index in [1.165, 1.54) is 19.4 Å². The predicted octanol–water partition coefficient (Wildman–Crippen LogP) is 0.587. The number of aromatic carboxylic acids is 1. The minimum absolute atomic E-state index is 0.0132. The Kier molecular flexibility index (Phi) is 3.32. The third-order valence-electron chi connectivity index (χ3n) is 2.60. The quantitative estimate of drug-likeness (QED) is 0.840. The molecule has 0 atom stereocenters. The molecule has 19 heavy (non-hydrogen) atoms. The number of nitrogens with zero attached hydrogens (tertiary/aromatic N) is 4. The first-order valence-electron chi connectivity index (χ1n) is 5.62. The fraction of sp³-hybridized carbons (Fsp3) is 0.273. The van der Waals surface area contributed by atoms with Crippen molar-refractivity contribution in [3.63, 3.8) is 0 Å². The molecule has 0 aromatic carbocycles. The van der Waals surface area contributed by atoms with Crippen molar-refractivity contribution in [3.05, 3.63) is 29.8 Å². The van der Waals surface area contributed by atoms with Crippen LogP contribution in [0.2, 0.25) is 0 Å². The fourth-order valence-electron chi connectivity index (χ4n) is 1.66. The lowest BCUT2D eigenvalue weighted by atomic mass is 10.2. The molecular formula is C11H13N5O3. The number of aromatic nitrogens is 4. The third kappa shape index (κ3) is 2.46. The number of carboxylic acid groups (broad SMARTS) is 1. The summed E-state index contributed by atoms with van der Waals surface area (Å²) in [5.74, 6) is -1.73. The zero-order valence-corrected chi connectivity index (χ0v) is 10.5. The van der Waals surface area contributed by atoms with Crippen LogP contribution < -0.4 is 5.32 Å². The van der Waals surface area contributed by atoms with Crippen molar-refractivity contribution in [1.82, 2.24) is 19.6 Å². The highest BCUT2D eigenvalue weighted by atomic mass is 16.4. The smallest absolute Gasteiger partial charge is 0.354 e. The molecule has 0 spiro atoms. The third-order valence-corrected chi connectivity index (χ3v) is 2.60. The van der Waals surface area contributed by atoms with Crippen molar-refractivity contribution in [2.75, 3.05) is 5.32 Å². The van der Waals surface area contributed by atoms with E-state index in [1.54, 1.807) is 10.9 Å². The van der Waals surface area contributed by atoms with Gasteiger partial charge in [-0.3, -0.25) is 14.2 Å². The molecule has 0 aliphatic heterocycles. The molecule has 0 unspecified atom stereocenters. The monoisotopic (exact) mass is 263 g/mol. The summed E-state index contributed by atoms with van der Waals surface area (Å²) in [5, 5.41) is 19.4. The Labute approximate surface area is 108 Å². The molecule has 0 saturated heterocycles. The second kappa shape index (κ2) is 4.92. The summed E-state index contributed by atoms with van der Waals surface area (Å²) in [6.45, 7) is 2.60. The fourth-order valence-corrected chi connectivity index (χ4v) is 1.66. The van der Waals surface area contributed by atoms with E-state index < -0.39 is 11.9 Å². The van der Waals surface area contributed by atoms with Gasteiger partial charge in [0.15, 0.2) is 5.69 Å². The maximum Gasteiger partial charge on any atom is 0.354 e. The van der Waals surface area contributed by atoms with E-state index >= 15 is 0 Å². The Balaban J connectivity index is 2.23. The largest absolute Gasteiger partial charge is 0.477 e. The first-order chi connectivity index (χ1) is 9.02. The van der Waals surface area contributed by atoms with Crippen LogP contribution in [0.5, 0.6) is 0 Å². The van der Waals surface area contributed by atoms with Crippen LogP contribution in [0.3, 0.4) is 0 Å². The number of amides is 1. The van der Waals surface area contributed by atoms with E-state index in [4.69, 9.17) is 5.11 Å². The van der Waals surface area contributed by atoms with Gasteiger partial charge in [0.05, 0.1) is 23.6 Å². The van der Waals surface area contributed by atoms with E-state index in [-0.39, 0.29) is 11.3 Å². The van der Waals surface area contributed by atoms with Crippen LogP contribution in [0.25, 0.3) is 0 Å². The van der Waals surface area contributed by atoms with Crippen LogP contribution in [-0.2, 0) is 13.6 Å². The molecule has 2 aromatic heterocycles. The summed E-state index contributed by atoms with van der Waals surface area (Å²) in [7, 11) is 1.47. The number of aryl methyl sites for hydroxylation is 2. The van der Waals surface area contributed by atoms with Crippen LogP contribution in [0.4, 0.5) is 5.69 Å². The first kappa shape index (κ1) is 12.8. The number of anilines is 1. The topological polar surface area (TPSA) is 102 Å². The molecule has 2 N–H and O–H groups in total. The van der Waals surface area contributed by atoms with E-state index in [2.05, 4.69) is 15.5 Å². The number of rotatable bonds is 4. The number of hydrogen-bond acceptors (Lipinski definition) is 4. The van der Waals surface area contributed by atoms with Gasteiger partial charge in [-0.2, -0.15) is 10.2 Å². The summed E-state index contributed by atoms with van der Waals surface area (Å²) < 4.78 is 2.80. The second-order valence-corrected chi connectivity index (χ2v) is 3.87. The molecule has 0 bridgehead atoms. The van der Waals surface area contributed by atoms with Gasteiger partial charge in [0.1, 0.15) is 0 Å². The van der Waals surface area contributed by atoms with Gasteiger partial charge < -0.3 is 10.4 Å². The molecule has 8 heteroatoms. The van der Waals surface area contributed by atoms with E-state index in [9.17, 15) is 9.59 Å². The van der Waals surface area contributed by atoms with Crippen LogP contribution in [0.1, 0.15) is 27.8 Å². The summed E-state index contributed by atoms with van der Waals surface area (Å²) in [5.41, 5.74) is 0.367. The zero-order valence-electron chi connectivity index (χ0n) is 10.5. The first-order valence-corrected chi connectivity index (χ1v) is 5.62. The number of carboxylic acids is 1. The second-order valence-electron chi connectivity index (χ2n) is 3.87. The Morgan fingerprint density at radius 1 is 1.37 bits per heavy atom. The highest BCUT2D eigenvalue weighted by Crippen LogP contribution is 2.12. The van der Waals surface area contributed by atoms with Crippen LogP contribution >= 0.6 is 0 Å². The molecule has 2 aromatic rings. The number of carbonyl (C=O) groups is 2. The van der Waals surface area contributed by atoms with E-state index in [1.807, 2.05) is 6.92 Å². The minimum Gasteiger partial charge on any atom is -0.477 e. The van der Waals surface area contributed by atoms with Gasteiger partial charge in [-0.25, -0.2) is 4.79 Å². The summed E-state index contributed by atoms with van der Waals surface area (Å²) in [6.07, 6.45) is 4.38. The number of carbonyl (C=O) groups excluding carboxylic acids is 1. The average molecular weight is 263 g/mol. The van der Waals surface area contributed by atoms with Gasteiger partial charge in [0.25, 0.3) is 5.91 Å². The molecule has 0 aliphatic carbocycles. The zero-order chi connectivity index (χ0) is 14.0. The van der Waals surface area contributed by atoms with Crippen molar-refractivity contribution in [2.45, 2.75) is 13.5 Å². The Morgan fingerprint density at radius 3 is 2.68 bits per heavy atom.